The van der Waals surface area contributed by atoms with Crippen molar-refractivity contribution in [3.05, 3.63) is 76.7 Å². The Morgan fingerprint density at radius 3 is 2.48 bits per heavy atom. The van der Waals surface area contributed by atoms with E-state index >= 15 is 0 Å². The van der Waals surface area contributed by atoms with Gasteiger partial charge in [-0.3, -0.25) is 4.79 Å². The van der Waals surface area contributed by atoms with E-state index in [9.17, 15) is 4.79 Å². The number of carbonyl (C=O) groups is 1. The van der Waals surface area contributed by atoms with Crippen molar-refractivity contribution >= 4 is 33.1 Å². The first-order chi connectivity index (χ1) is 14.0. The Hall–Kier alpha value is -3.38. The lowest BCUT2D eigenvalue weighted by Crippen LogP contribution is -2.22. The fraction of sp³-hybridized carbons (Fsp3) is 0.130. The first-order valence-corrected chi connectivity index (χ1v) is 10.0. The molecule has 0 unspecified atom stereocenters. The summed E-state index contributed by atoms with van der Waals surface area (Å²) in [5.41, 5.74) is 10.8. The maximum absolute atomic E-state index is 12.7. The molecule has 1 amide bonds. The number of benzene rings is 2. The zero-order valence-corrected chi connectivity index (χ0v) is 17.0. The highest BCUT2D eigenvalue weighted by Gasteiger charge is 2.17. The van der Waals surface area contributed by atoms with Gasteiger partial charge >= 0.3 is 0 Å². The molecule has 4 rings (SSSR count). The number of anilines is 1. The number of carbonyl (C=O) groups excluding carboxylic acids is 1. The molecule has 0 radical (unpaired) electrons. The molecule has 0 aliphatic heterocycles. The molecule has 5 nitrogen and oxygen atoms in total. The van der Waals surface area contributed by atoms with E-state index in [1.54, 1.807) is 7.11 Å². The van der Waals surface area contributed by atoms with Crippen molar-refractivity contribution in [1.82, 2.24) is 10.3 Å². The minimum absolute atomic E-state index is 0.183. The lowest BCUT2D eigenvalue weighted by atomic mass is 10.1. The number of nitrogens with zero attached hydrogens (tertiary/aromatic N) is 1. The number of nitrogen functional groups attached to an aromatic ring is 1. The van der Waals surface area contributed by atoms with Crippen LogP contribution in [0.5, 0.6) is 5.75 Å². The maximum atomic E-state index is 12.7. The molecular weight excluding hydrogens is 382 g/mol. The lowest BCUT2D eigenvalue weighted by molar-refractivity contribution is 0.0956. The fourth-order valence-electron chi connectivity index (χ4n) is 3.06. The number of thiophene rings is 1. The first-order valence-electron chi connectivity index (χ1n) is 9.22. The normalized spacial score (nSPS) is 10.8. The third-order valence-corrected chi connectivity index (χ3v) is 5.87. The van der Waals surface area contributed by atoms with Crippen LogP contribution in [0.15, 0.2) is 60.7 Å². The molecule has 0 saturated carbocycles. The number of methoxy groups -OCH3 is 1. The maximum Gasteiger partial charge on any atom is 0.263 e. The van der Waals surface area contributed by atoms with Crippen molar-refractivity contribution in [2.45, 2.75) is 13.5 Å². The molecule has 0 bridgehead atoms. The van der Waals surface area contributed by atoms with E-state index in [0.717, 1.165) is 32.8 Å². The van der Waals surface area contributed by atoms with Crippen LogP contribution in [0.1, 0.15) is 20.8 Å². The molecule has 29 heavy (non-hydrogen) atoms. The van der Waals surface area contributed by atoms with Crippen LogP contribution >= 0.6 is 11.3 Å². The van der Waals surface area contributed by atoms with Crippen LogP contribution in [0.2, 0.25) is 0 Å². The molecule has 6 heteroatoms. The van der Waals surface area contributed by atoms with Crippen LogP contribution in [0.25, 0.3) is 21.5 Å². The number of hydrogen-bond donors (Lipinski definition) is 2. The van der Waals surface area contributed by atoms with Gasteiger partial charge in [0.2, 0.25) is 0 Å². The fourth-order valence-corrected chi connectivity index (χ4v) is 4.07. The van der Waals surface area contributed by atoms with Gasteiger partial charge in [-0.05, 0) is 48.9 Å². The Morgan fingerprint density at radius 2 is 1.79 bits per heavy atom. The highest BCUT2D eigenvalue weighted by atomic mass is 32.1. The summed E-state index contributed by atoms with van der Waals surface area (Å²) in [6.45, 7) is 2.49. The summed E-state index contributed by atoms with van der Waals surface area (Å²) >= 11 is 1.31. The van der Waals surface area contributed by atoms with Crippen LogP contribution in [0.4, 0.5) is 5.69 Å². The highest BCUT2D eigenvalue weighted by molar-refractivity contribution is 7.21. The zero-order chi connectivity index (χ0) is 20.4. The summed E-state index contributed by atoms with van der Waals surface area (Å²) in [7, 11) is 1.64. The molecule has 0 fully saturated rings. The SMILES string of the molecule is COc1ccc(-c2ccc3c(N)c(C(=O)NCc4ccc(C)cc4)sc3n2)cc1. The summed E-state index contributed by atoms with van der Waals surface area (Å²) in [6, 6.07) is 19.6. The van der Waals surface area contributed by atoms with Crippen molar-refractivity contribution < 1.29 is 9.53 Å². The van der Waals surface area contributed by atoms with Gasteiger partial charge in [-0.25, -0.2) is 4.98 Å². The quantitative estimate of drug-likeness (QED) is 0.502. The molecule has 0 saturated heterocycles. The van der Waals surface area contributed by atoms with Crippen LogP contribution in [0.3, 0.4) is 0 Å². The second-order valence-corrected chi connectivity index (χ2v) is 7.79. The average molecular weight is 404 g/mol. The van der Waals surface area contributed by atoms with E-state index in [2.05, 4.69) is 5.32 Å². The van der Waals surface area contributed by atoms with Gasteiger partial charge in [0.05, 0.1) is 18.5 Å². The standard InChI is InChI=1S/C23H21N3O2S/c1-14-3-5-15(6-4-14)13-25-22(27)21-20(24)18-11-12-19(26-23(18)29-21)16-7-9-17(28-2)10-8-16/h3-12H,13,24H2,1-2H3,(H,25,27). The molecule has 146 valence electrons. The summed E-state index contributed by atoms with van der Waals surface area (Å²) in [5.74, 6) is 0.611. The van der Waals surface area contributed by atoms with Crippen molar-refractivity contribution in [3.63, 3.8) is 0 Å². The van der Waals surface area contributed by atoms with E-state index in [1.807, 2.05) is 67.6 Å². The van der Waals surface area contributed by atoms with Gasteiger partial charge in [0.25, 0.3) is 5.91 Å². The van der Waals surface area contributed by atoms with Gasteiger partial charge in [-0.15, -0.1) is 11.3 Å². The third-order valence-electron chi connectivity index (χ3n) is 4.76. The van der Waals surface area contributed by atoms with Crippen molar-refractivity contribution in [3.8, 4) is 17.0 Å². The number of aromatic nitrogens is 1. The molecule has 2 aromatic heterocycles. The number of aryl methyl sites for hydroxylation is 1. The van der Waals surface area contributed by atoms with Crippen LogP contribution in [-0.4, -0.2) is 18.0 Å². The number of hydrogen-bond acceptors (Lipinski definition) is 5. The van der Waals surface area contributed by atoms with E-state index in [4.69, 9.17) is 15.5 Å². The average Bonchev–Trinajstić information content (AvgIpc) is 3.09. The van der Waals surface area contributed by atoms with Gasteiger partial charge in [0.1, 0.15) is 15.5 Å². The first kappa shape index (κ1) is 19.0. The zero-order valence-electron chi connectivity index (χ0n) is 16.2. The second kappa shape index (κ2) is 7.93. The molecule has 2 aromatic carbocycles. The van der Waals surface area contributed by atoms with Gasteiger partial charge in [-0.1, -0.05) is 29.8 Å². The minimum atomic E-state index is -0.183. The largest absolute Gasteiger partial charge is 0.497 e. The molecule has 3 N–H and O–H groups in total. The number of nitrogens with two attached hydrogens (primary N) is 1. The Bertz CT molecular complexity index is 1170. The number of amides is 1. The topological polar surface area (TPSA) is 77.2 Å². The number of ether oxygens (including phenoxy) is 1. The van der Waals surface area contributed by atoms with Crippen LogP contribution in [-0.2, 0) is 6.54 Å². The minimum Gasteiger partial charge on any atom is -0.497 e. The molecule has 0 aliphatic carbocycles. The monoisotopic (exact) mass is 403 g/mol. The van der Waals surface area contributed by atoms with Gasteiger partial charge in [0, 0.05) is 17.5 Å². The van der Waals surface area contributed by atoms with Crippen LogP contribution < -0.4 is 15.8 Å². The van der Waals surface area contributed by atoms with Crippen molar-refractivity contribution in [2.75, 3.05) is 12.8 Å². The van der Waals surface area contributed by atoms with Gasteiger partial charge in [0.15, 0.2) is 0 Å². The van der Waals surface area contributed by atoms with Crippen molar-refractivity contribution in [2.24, 2.45) is 0 Å². The molecule has 2 heterocycles. The van der Waals surface area contributed by atoms with Crippen LogP contribution in [0, 0.1) is 6.92 Å². The predicted octanol–water partition coefficient (Wildman–Crippen LogP) is 4.79. The number of rotatable bonds is 5. The van der Waals surface area contributed by atoms with E-state index in [1.165, 1.54) is 16.9 Å². The third kappa shape index (κ3) is 3.93. The van der Waals surface area contributed by atoms with E-state index in [-0.39, 0.29) is 5.91 Å². The summed E-state index contributed by atoms with van der Waals surface area (Å²) in [6.07, 6.45) is 0. The number of pyridine rings is 1. The molecule has 0 aliphatic rings. The smallest absolute Gasteiger partial charge is 0.263 e. The number of fused-ring (bicyclic) bond motifs is 1. The molecular formula is C23H21N3O2S. The highest BCUT2D eigenvalue weighted by Crippen LogP contribution is 2.34. The summed E-state index contributed by atoms with van der Waals surface area (Å²) in [5, 5.41) is 3.74. The van der Waals surface area contributed by atoms with Gasteiger partial charge < -0.3 is 15.8 Å². The van der Waals surface area contributed by atoms with Crippen molar-refractivity contribution in [1.29, 1.82) is 0 Å². The summed E-state index contributed by atoms with van der Waals surface area (Å²) < 4.78 is 5.20. The van der Waals surface area contributed by atoms with E-state index in [0.29, 0.717) is 17.1 Å². The van der Waals surface area contributed by atoms with E-state index < -0.39 is 0 Å². The predicted molar refractivity (Wildman–Crippen MR) is 118 cm³/mol. The Morgan fingerprint density at radius 1 is 1.07 bits per heavy atom. The molecule has 0 spiro atoms. The second-order valence-electron chi connectivity index (χ2n) is 6.79. The summed E-state index contributed by atoms with van der Waals surface area (Å²) in [4.78, 5) is 18.6. The lowest BCUT2D eigenvalue weighted by Gasteiger charge is -2.05. The molecule has 4 aromatic rings. The molecule has 0 atom stereocenters. The number of nitrogens with one attached hydrogen (secondary N) is 1. The Balaban J connectivity index is 1.57. The Labute approximate surface area is 173 Å². The van der Waals surface area contributed by atoms with Gasteiger partial charge in [-0.2, -0.15) is 0 Å². The Kier molecular flexibility index (Phi) is 5.18.